The molecular weight excluding hydrogens is 414 g/mol. The van der Waals surface area contributed by atoms with Gasteiger partial charge >= 0.3 is 5.69 Å². The van der Waals surface area contributed by atoms with Gasteiger partial charge in [0.05, 0.1) is 17.8 Å². The first-order chi connectivity index (χ1) is 15.0. The zero-order valence-corrected chi connectivity index (χ0v) is 18.9. The Hall–Kier alpha value is -2.74. The van der Waals surface area contributed by atoms with Crippen LogP contribution in [0.4, 0.5) is 11.4 Å². The molecule has 0 saturated carbocycles. The van der Waals surface area contributed by atoms with Crippen molar-refractivity contribution in [3.63, 3.8) is 0 Å². The molecule has 0 aromatic heterocycles. The van der Waals surface area contributed by atoms with Crippen LogP contribution < -0.4 is 9.64 Å². The smallest absolute Gasteiger partial charge is 0.311 e. The van der Waals surface area contributed by atoms with Crippen LogP contribution in [0.5, 0.6) is 5.75 Å². The van der Waals surface area contributed by atoms with Gasteiger partial charge in [-0.3, -0.25) is 14.9 Å². The van der Waals surface area contributed by atoms with Crippen molar-refractivity contribution in [3.8, 4) is 5.75 Å². The van der Waals surface area contributed by atoms with Gasteiger partial charge in [0.1, 0.15) is 0 Å². The first-order valence-electron chi connectivity index (χ1n) is 10.5. The molecule has 0 radical (unpaired) electrons. The molecule has 0 aliphatic carbocycles. The Morgan fingerprint density at radius 2 is 1.94 bits per heavy atom. The van der Waals surface area contributed by atoms with Crippen LogP contribution >= 0.6 is 11.8 Å². The molecule has 2 aromatic rings. The van der Waals surface area contributed by atoms with Crippen LogP contribution in [-0.2, 0) is 17.1 Å². The van der Waals surface area contributed by atoms with Gasteiger partial charge in [0.25, 0.3) is 0 Å². The fourth-order valence-corrected chi connectivity index (χ4v) is 4.68. The number of rotatable bonds is 9. The number of ether oxygens (including phenoxy) is 1. The summed E-state index contributed by atoms with van der Waals surface area (Å²) in [6, 6.07) is 13.2. The number of benzene rings is 2. The number of amides is 1. The van der Waals surface area contributed by atoms with E-state index >= 15 is 0 Å². The average molecular weight is 444 g/mol. The molecule has 0 N–H and O–H groups in total. The Morgan fingerprint density at radius 3 is 2.65 bits per heavy atom. The van der Waals surface area contributed by atoms with Gasteiger partial charge in [-0.15, -0.1) is 11.8 Å². The van der Waals surface area contributed by atoms with E-state index in [1.165, 1.54) is 49.9 Å². The maximum atomic E-state index is 12.7. The van der Waals surface area contributed by atoms with Crippen molar-refractivity contribution < 1.29 is 14.5 Å². The third kappa shape index (κ3) is 6.13. The Balaban J connectivity index is 1.55. The molecule has 8 heteroatoms. The van der Waals surface area contributed by atoms with E-state index in [-0.39, 0.29) is 17.3 Å². The van der Waals surface area contributed by atoms with Gasteiger partial charge in [-0.2, -0.15) is 0 Å². The quantitative estimate of drug-likeness (QED) is 0.420. The summed E-state index contributed by atoms with van der Waals surface area (Å²) in [6.07, 6.45) is 3.71. The Morgan fingerprint density at radius 1 is 1.19 bits per heavy atom. The number of thioether (sulfide) groups is 1. The van der Waals surface area contributed by atoms with Crippen molar-refractivity contribution in [2.45, 2.75) is 31.6 Å². The van der Waals surface area contributed by atoms with Crippen LogP contribution in [0.3, 0.4) is 0 Å². The Kier molecular flexibility index (Phi) is 8.17. The lowest BCUT2D eigenvalue weighted by atomic mass is 10.1. The van der Waals surface area contributed by atoms with Gasteiger partial charge in [0.15, 0.2) is 5.75 Å². The largest absolute Gasteiger partial charge is 0.490 e. The summed E-state index contributed by atoms with van der Waals surface area (Å²) in [4.78, 5) is 27.6. The minimum Gasteiger partial charge on any atom is -0.490 e. The van der Waals surface area contributed by atoms with E-state index in [0.717, 1.165) is 24.2 Å². The number of nitro groups is 1. The molecule has 0 bridgehead atoms. The van der Waals surface area contributed by atoms with E-state index in [0.29, 0.717) is 18.1 Å². The number of hydrogen-bond donors (Lipinski definition) is 0. The van der Waals surface area contributed by atoms with Gasteiger partial charge in [0.2, 0.25) is 5.91 Å². The van der Waals surface area contributed by atoms with Crippen LogP contribution in [0.25, 0.3) is 0 Å². The van der Waals surface area contributed by atoms with Crippen molar-refractivity contribution >= 4 is 29.0 Å². The number of piperidine rings is 1. The highest BCUT2D eigenvalue weighted by Gasteiger charge is 2.18. The predicted octanol–water partition coefficient (Wildman–Crippen LogP) is 4.49. The molecule has 0 atom stereocenters. The molecule has 0 spiro atoms. The average Bonchev–Trinajstić information content (AvgIpc) is 2.79. The van der Waals surface area contributed by atoms with Crippen molar-refractivity contribution in [3.05, 3.63) is 63.7 Å². The molecule has 166 valence electrons. The lowest BCUT2D eigenvalue weighted by Gasteiger charge is -2.31. The molecule has 0 unspecified atom stereocenters. The third-order valence-corrected chi connectivity index (χ3v) is 6.44. The van der Waals surface area contributed by atoms with Gasteiger partial charge < -0.3 is 14.5 Å². The van der Waals surface area contributed by atoms with Gasteiger partial charge in [-0.1, -0.05) is 24.3 Å². The van der Waals surface area contributed by atoms with Crippen LogP contribution in [0.2, 0.25) is 0 Å². The van der Waals surface area contributed by atoms with Crippen LogP contribution in [0.15, 0.2) is 42.5 Å². The molecule has 1 amide bonds. The maximum absolute atomic E-state index is 12.7. The van der Waals surface area contributed by atoms with Gasteiger partial charge in [0, 0.05) is 44.2 Å². The van der Waals surface area contributed by atoms with Gasteiger partial charge in [-0.25, -0.2) is 0 Å². The van der Waals surface area contributed by atoms with E-state index in [1.807, 2.05) is 13.1 Å². The molecular formula is C23H29N3O4S. The number of nitrogens with zero attached hydrogens (tertiary/aromatic N) is 3. The molecule has 1 heterocycles. The lowest BCUT2D eigenvalue weighted by Crippen LogP contribution is -2.32. The Labute approximate surface area is 187 Å². The second-order valence-electron chi connectivity index (χ2n) is 7.68. The molecule has 1 aliphatic heterocycles. The topological polar surface area (TPSA) is 75.9 Å². The molecule has 1 fully saturated rings. The highest BCUT2D eigenvalue weighted by Crippen LogP contribution is 2.29. The van der Waals surface area contributed by atoms with Gasteiger partial charge in [-0.05, 0) is 42.5 Å². The summed E-state index contributed by atoms with van der Waals surface area (Å²) in [7, 11) is 3.24. The van der Waals surface area contributed by atoms with E-state index in [4.69, 9.17) is 4.74 Å². The minimum atomic E-state index is -0.453. The summed E-state index contributed by atoms with van der Waals surface area (Å²) in [5.41, 5.74) is 3.12. The number of anilines is 1. The molecule has 3 rings (SSSR count). The zero-order valence-electron chi connectivity index (χ0n) is 18.1. The maximum Gasteiger partial charge on any atom is 0.311 e. The number of hydrogen-bond acceptors (Lipinski definition) is 6. The monoisotopic (exact) mass is 443 g/mol. The standard InChI is InChI=1S/C23H29N3O4S/c1-24(15-19-8-4-5-9-20(19)25-12-6-3-7-13-25)23(27)17-31-16-18-10-11-22(30-2)21(14-18)26(28)29/h4-5,8-11,14H,3,6-7,12-13,15-17H2,1-2H3. The number of carbonyl (C=O) groups excluding carboxylic acids is 1. The molecule has 1 saturated heterocycles. The fourth-order valence-electron chi connectivity index (χ4n) is 3.77. The normalized spacial score (nSPS) is 13.7. The Bertz CT molecular complexity index is 915. The molecule has 1 aliphatic rings. The summed E-state index contributed by atoms with van der Waals surface area (Å²) >= 11 is 1.45. The number of para-hydroxylation sites is 1. The highest BCUT2D eigenvalue weighted by molar-refractivity contribution is 7.99. The molecule has 31 heavy (non-hydrogen) atoms. The van der Waals surface area contributed by atoms with Crippen LogP contribution in [0, 0.1) is 10.1 Å². The minimum absolute atomic E-state index is 0.0430. The first-order valence-corrected chi connectivity index (χ1v) is 11.6. The van der Waals surface area contributed by atoms with Crippen molar-refractivity contribution in [2.24, 2.45) is 0 Å². The van der Waals surface area contributed by atoms with Crippen molar-refractivity contribution in [1.82, 2.24) is 4.90 Å². The molecule has 7 nitrogen and oxygen atoms in total. The summed E-state index contributed by atoms with van der Waals surface area (Å²) in [5, 5.41) is 11.2. The van der Waals surface area contributed by atoms with Crippen LogP contribution in [-0.4, -0.2) is 48.7 Å². The van der Waals surface area contributed by atoms with Crippen molar-refractivity contribution in [2.75, 3.05) is 37.9 Å². The summed E-state index contributed by atoms with van der Waals surface area (Å²) in [5.74, 6) is 1.13. The number of carbonyl (C=O) groups is 1. The van der Waals surface area contributed by atoms with E-state index in [2.05, 4.69) is 23.1 Å². The highest BCUT2D eigenvalue weighted by atomic mass is 32.2. The first kappa shape index (κ1) is 22.9. The second kappa shape index (κ2) is 11.0. The fraction of sp³-hybridized carbons (Fsp3) is 0.435. The SMILES string of the molecule is COc1ccc(CSCC(=O)N(C)Cc2ccccc2N2CCCCC2)cc1[N+](=O)[O-]. The van der Waals surface area contributed by atoms with Crippen LogP contribution in [0.1, 0.15) is 30.4 Å². The number of nitro benzene ring substituents is 1. The summed E-state index contributed by atoms with van der Waals surface area (Å²) in [6.45, 7) is 2.71. The van der Waals surface area contributed by atoms with E-state index in [9.17, 15) is 14.9 Å². The van der Waals surface area contributed by atoms with E-state index in [1.54, 1.807) is 17.0 Å². The summed E-state index contributed by atoms with van der Waals surface area (Å²) < 4.78 is 5.03. The molecule has 2 aromatic carbocycles. The zero-order chi connectivity index (χ0) is 22.2. The second-order valence-corrected chi connectivity index (χ2v) is 8.67. The third-order valence-electron chi connectivity index (χ3n) is 5.46. The lowest BCUT2D eigenvalue weighted by molar-refractivity contribution is -0.385. The number of methoxy groups -OCH3 is 1. The predicted molar refractivity (Wildman–Crippen MR) is 125 cm³/mol. The van der Waals surface area contributed by atoms with Crippen molar-refractivity contribution in [1.29, 1.82) is 0 Å². The van der Waals surface area contributed by atoms with E-state index < -0.39 is 4.92 Å².